The zero-order valence-corrected chi connectivity index (χ0v) is 5.56. The second-order valence-electron chi connectivity index (χ2n) is 1.75. The zero-order valence-electron chi connectivity index (χ0n) is 4.56. The van der Waals surface area contributed by atoms with Crippen LogP contribution in [0.1, 0.15) is 6.92 Å². The minimum Gasteiger partial charge on any atom is -0.512 e. The fourth-order valence-electron chi connectivity index (χ4n) is 0.560. The molecule has 1 atom stereocenters. The van der Waals surface area contributed by atoms with E-state index in [1.165, 1.54) is 0 Å². The smallest absolute Gasteiger partial charge is 0.180 e. The quantitative estimate of drug-likeness (QED) is 0.497. The van der Waals surface area contributed by atoms with E-state index in [0.717, 1.165) is 0 Å². The molecule has 0 aromatic rings. The summed E-state index contributed by atoms with van der Waals surface area (Å²) in [5.41, 5.74) is 0.672. The van der Waals surface area contributed by atoms with Crippen LogP contribution in [-0.2, 0) is 4.79 Å². The molecule has 0 saturated heterocycles. The van der Waals surface area contributed by atoms with Crippen molar-refractivity contribution in [3.8, 4) is 0 Å². The second-order valence-corrected chi connectivity index (χ2v) is 2.92. The Morgan fingerprint density at radius 1 is 1.75 bits per heavy atom. The number of carbonyl (C=O) groups is 1. The lowest BCUT2D eigenvalue weighted by Gasteiger charge is -1.85. The van der Waals surface area contributed by atoms with Crippen molar-refractivity contribution < 1.29 is 9.90 Å². The molecular formula is C5H7O2P. The van der Waals surface area contributed by atoms with Gasteiger partial charge < -0.3 is 5.11 Å². The summed E-state index contributed by atoms with van der Waals surface area (Å²) in [5.74, 6) is 0.285. The first-order chi connectivity index (χ1) is 3.72. The Morgan fingerprint density at radius 3 is 2.50 bits per heavy atom. The summed E-state index contributed by atoms with van der Waals surface area (Å²) in [7, 11) is 0.280. The highest BCUT2D eigenvalue weighted by molar-refractivity contribution is 7.59. The van der Waals surface area contributed by atoms with Gasteiger partial charge >= 0.3 is 0 Å². The lowest BCUT2D eigenvalue weighted by molar-refractivity contribution is -0.108. The minimum absolute atomic E-state index is 0.113. The van der Waals surface area contributed by atoms with Crippen LogP contribution in [0.15, 0.2) is 11.3 Å². The Balaban J connectivity index is 2.86. The third kappa shape index (κ3) is 0.760. The van der Waals surface area contributed by atoms with E-state index in [0.29, 0.717) is 11.7 Å². The predicted octanol–water partition coefficient (Wildman–Crippen LogP) is 1.04. The standard InChI is InChI=1S/C5H7O2P/c1-3-4(6)2-8-5(3)7/h6,8H,2H2,1H3. The maximum atomic E-state index is 10.6. The van der Waals surface area contributed by atoms with E-state index in [4.69, 9.17) is 5.11 Å². The highest BCUT2D eigenvalue weighted by Crippen LogP contribution is 2.29. The van der Waals surface area contributed by atoms with Gasteiger partial charge in [-0.3, -0.25) is 4.79 Å². The molecule has 1 aliphatic heterocycles. The molecule has 0 bridgehead atoms. The first-order valence-corrected chi connectivity index (χ1v) is 3.59. The normalized spacial score (nSPS) is 23.4. The molecule has 0 spiro atoms. The Hall–Kier alpha value is -0.360. The summed E-state index contributed by atoms with van der Waals surface area (Å²) in [4.78, 5) is 10.6. The SMILES string of the molecule is CC1=C(O)CPC1=O. The fourth-order valence-corrected chi connectivity index (χ4v) is 1.56. The molecule has 1 unspecified atom stereocenters. The molecule has 3 heteroatoms. The molecule has 0 aliphatic carbocycles. The highest BCUT2D eigenvalue weighted by Gasteiger charge is 2.17. The Bertz CT molecular complexity index is 160. The minimum atomic E-state index is 0.113. The van der Waals surface area contributed by atoms with Gasteiger partial charge in [-0.2, -0.15) is 0 Å². The molecule has 1 N–H and O–H groups in total. The van der Waals surface area contributed by atoms with E-state index in [1.54, 1.807) is 6.92 Å². The third-order valence-corrected chi connectivity index (χ3v) is 2.40. The summed E-state index contributed by atoms with van der Waals surface area (Å²) >= 11 is 0. The first kappa shape index (κ1) is 5.77. The number of rotatable bonds is 0. The van der Waals surface area contributed by atoms with Crippen molar-refractivity contribution in [2.24, 2.45) is 0 Å². The van der Waals surface area contributed by atoms with E-state index in [1.807, 2.05) is 0 Å². The van der Waals surface area contributed by atoms with Gasteiger partial charge in [0.25, 0.3) is 0 Å². The number of hydrogen-bond acceptors (Lipinski definition) is 2. The average molecular weight is 130 g/mol. The maximum Gasteiger partial charge on any atom is 0.180 e. The van der Waals surface area contributed by atoms with Gasteiger partial charge in [0.1, 0.15) is 5.76 Å². The van der Waals surface area contributed by atoms with Crippen LogP contribution in [0.4, 0.5) is 0 Å². The largest absolute Gasteiger partial charge is 0.512 e. The van der Waals surface area contributed by atoms with E-state index in [-0.39, 0.29) is 19.9 Å². The molecule has 1 heterocycles. The molecule has 8 heavy (non-hydrogen) atoms. The monoisotopic (exact) mass is 130 g/mol. The second kappa shape index (κ2) is 1.87. The van der Waals surface area contributed by atoms with Crippen LogP contribution in [0.25, 0.3) is 0 Å². The van der Waals surface area contributed by atoms with Gasteiger partial charge in [-0.05, 0) is 15.5 Å². The van der Waals surface area contributed by atoms with E-state index in [2.05, 4.69) is 0 Å². The van der Waals surface area contributed by atoms with Crippen LogP contribution < -0.4 is 0 Å². The van der Waals surface area contributed by atoms with Crippen molar-refractivity contribution in [1.29, 1.82) is 0 Å². The van der Waals surface area contributed by atoms with Crippen LogP contribution >= 0.6 is 8.58 Å². The molecule has 44 valence electrons. The third-order valence-electron chi connectivity index (χ3n) is 1.19. The van der Waals surface area contributed by atoms with Gasteiger partial charge in [0.15, 0.2) is 5.52 Å². The van der Waals surface area contributed by atoms with Crippen molar-refractivity contribution in [2.45, 2.75) is 6.92 Å². The van der Waals surface area contributed by atoms with Crippen molar-refractivity contribution in [3.05, 3.63) is 11.3 Å². The summed E-state index contributed by atoms with van der Waals surface area (Å²) in [6.07, 6.45) is 0.574. The van der Waals surface area contributed by atoms with Crippen LogP contribution in [-0.4, -0.2) is 16.8 Å². The number of aliphatic hydroxyl groups excluding tert-OH is 1. The summed E-state index contributed by atoms with van der Waals surface area (Å²) in [6, 6.07) is 0. The van der Waals surface area contributed by atoms with Crippen molar-refractivity contribution in [3.63, 3.8) is 0 Å². The van der Waals surface area contributed by atoms with Crippen LogP contribution in [0, 0.1) is 0 Å². The lowest BCUT2D eigenvalue weighted by Crippen LogP contribution is -1.85. The molecule has 0 aromatic carbocycles. The number of hydrogen-bond donors (Lipinski definition) is 1. The average Bonchev–Trinajstić information content (AvgIpc) is 1.98. The molecule has 0 amide bonds. The fraction of sp³-hybridized carbons (Fsp3) is 0.400. The molecule has 1 rings (SSSR count). The van der Waals surface area contributed by atoms with Crippen LogP contribution in [0.3, 0.4) is 0 Å². The van der Waals surface area contributed by atoms with Crippen molar-refractivity contribution >= 4 is 14.1 Å². The Kier molecular flexibility index (Phi) is 1.35. The van der Waals surface area contributed by atoms with Gasteiger partial charge in [-0.15, -0.1) is 0 Å². The van der Waals surface area contributed by atoms with Gasteiger partial charge in [-0.1, -0.05) is 0 Å². The first-order valence-electron chi connectivity index (χ1n) is 2.38. The molecule has 1 aliphatic rings. The molecule has 0 radical (unpaired) electrons. The molecule has 0 aromatic heterocycles. The van der Waals surface area contributed by atoms with Gasteiger partial charge in [0.2, 0.25) is 0 Å². The molecule has 0 fully saturated rings. The van der Waals surface area contributed by atoms with Crippen molar-refractivity contribution in [1.82, 2.24) is 0 Å². The summed E-state index contributed by atoms with van der Waals surface area (Å²) < 4.78 is 0. The zero-order chi connectivity index (χ0) is 6.15. The Labute approximate surface area is 49.4 Å². The van der Waals surface area contributed by atoms with E-state index < -0.39 is 0 Å². The van der Waals surface area contributed by atoms with E-state index >= 15 is 0 Å². The summed E-state index contributed by atoms with van der Waals surface area (Å²) in [5, 5.41) is 8.83. The maximum absolute atomic E-state index is 10.6. The number of carbonyl (C=O) groups excluding carboxylic acids is 1. The van der Waals surface area contributed by atoms with Gasteiger partial charge in [0, 0.05) is 11.7 Å². The Morgan fingerprint density at radius 2 is 2.38 bits per heavy atom. The number of allylic oxidation sites excluding steroid dienone is 2. The topological polar surface area (TPSA) is 37.3 Å². The molecular weight excluding hydrogens is 123 g/mol. The summed E-state index contributed by atoms with van der Waals surface area (Å²) in [6.45, 7) is 1.66. The lowest BCUT2D eigenvalue weighted by atomic mass is 10.3. The molecule has 2 nitrogen and oxygen atoms in total. The predicted molar refractivity (Wildman–Crippen MR) is 33.5 cm³/mol. The van der Waals surface area contributed by atoms with Gasteiger partial charge in [-0.25, -0.2) is 0 Å². The van der Waals surface area contributed by atoms with Gasteiger partial charge in [0.05, 0.1) is 0 Å². The van der Waals surface area contributed by atoms with E-state index in [9.17, 15) is 4.79 Å². The highest BCUT2D eigenvalue weighted by atomic mass is 31.1. The van der Waals surface area contributed by atoms with Crippen molar-refractivity contribution in [2.75, 3.05) is 6.16 Å². The van der Waals surface area contributed by atoms with Crippen LogP contribution in [0.5, 0.6) is 0 Å². The van der Waals surface area contributed by atoms with Crippen LogP contribution in [0.2, 0.25) is 0 Å². The number of aliphatic hydroxyl groups is 1. The molecule has 0 saturated carbocycles.